The van der Waals surface area contributed by atoms with Crippen molar-refractivity contribution in [2.75, 3.05) is 0 Å². The summed E-state index contributed by atoms with van der Waals surface area (Å²) < 4.78 is 0. The quantitative estimate of drug-likeness (QED) is 0.646. The Kier molecular flexibility index (Phi) is 2.91. The molecule has 0 aliphatic rings. The highest BCUT2D eigenvalue weighted by atomic mass is 32.1. The third kappa shape index (κ3) is 1.96. The summed E-state index contributed by atoms with van der Waals surface area (Å²) in [4.78, 5) is 16.1. The first kappa shape index (κ1) is 12.1. The lowest BCUT2D eigenvalue weighted by atomic mass is 10.0. The molecule has 0 fully saturated rings. The van der Waals surface area contributed by atoms with Crippen molar-refractivity contribution < 1.29 is 0 Å². The Hall–Kier alpha value is -2.00. The van der Waals surface area contributed by atoms with Crippen molar-refractivity contribution in [2.24, 2.45) is 0 Å². The van der Waals surface area contributed by atoms with Crippen molar-refractivity contribution in [3.63, 3.8) is 0 Å². The van der Waals surface area contributed by atoms with Crippen LogP contribution >= 0.6 is 12.6 Å². The van der Waals surface area contributed by atoms with Gasteiger partial charge in [0.1, 0.15) is 0 Å². The van der Waals surface area contributed by atoms with E-state index in [1.807, 2.05) is 55.5 Å². The van der Waals surface area contributed by atoms with Crippen LogP contribution in [-0.2, 0) is 0 Å². The van der Waals surface area contributed by atoms with Gasteiger partial charge in [-0.15, -0.1) is 12.6 Å². The van der Waals surface area contributed by atoms with Gasteiger partial charge in [0, 0.05) is 16.5 Å². The van der Waals surface area contributed by atoms with E-state index in [2.05, 4.69) is 17.6 Å². The van der Waals surface area contributed by atoms with E-state index in [-0.39, 0.29) is 5.43 Å². The minimum Gasteiger partial charge on any atom is -0.353 e. The standard InChI is InChI=1S/C16H13NOS/c1-10-6-2-3-7-11(10)14-16(19)15(18)12-8-4-5-9-13(12)17-14/h2-9,19H,1H3,(H,17,18). The monoisotopic (exact) mass is 267 g/mol. The molecule has 3 heteroatoms. The molecule has 1 heterocycles. The van der Waals surface area contributed by atoms with Crippen molar-refractivity contribution in [1.82, 2.24) is 4.98 Å². The highest BCUT2D eigenvalue weighted by molar-refractivity contribution is 7.80. The predicted molar refractivity (Wildman–Crippen MR) is 82.0 cm³/mol. The van der Waals surface area contributed by atoms with E-state index in [4.69, 9.17) is 0 Å². The van der Waals surface area contributed by atoms with Crippen molar-refractivity contribution in [3.8, 4) is 11.3 Å². The number of aromatic nitrogens is 1. The summed E-state index contributed by atoms with van der Waals surface area (Å²) in [5, 5.41) is 0.671. The van der Waals surface area contributed by atoms with Crippen molar-refractivity contribution in [3.05, 3.63) is 64.3 Å². The summed E-state index contributed by atoms with van der Waals surface area (Å²) in [6.45, 7) is 2.02. The first-order valence-electron chi connectivity index (χ1n) is 6.08. The maximum absolute atomic E-state index is 12.3. The Labute approximate surface area is 116 Å². The van der Waals surface area contributed by atoms with E-state index in [1.54, 1.807) is 0 Å². The van der Waals surface area contributed by atoms with Crippen LogP contribution in [0.5, 0.6) is 0 Å². The van der Waals surface area contributed by atoms with Crippen LogP contribution in [-0.4, -0.2) is 4.98 Å². The molecular formula is C16H13NOS. The zero-order valence-corrected chi connectivity index (χ0v) is 11.4. The van der Waals surface area contributed by atoms with E-state index < -0.39 is 0 Å². The molecule has 2 aromatic carbocycles. The topological polar surface area (TPSA) is 32.9 Å². The Morgan fingerprint density at radius 2 is 1.68 bits per heavy atom. The van der Waals surface area contributed by atoms with Gasteiger partial charge in [-0.1, -0.05) is 36.4 Å². The molecule has 0 aliphatic heterocycles. The summed E-state index contributed by atoms with van der Waals surface area (Å²) in [7, 11) is 0. The van der Waals surface area contributed by atoms with E-state index in [0.717, 1.165) is 22.3 Å². The molecule has 2 nitrogen and oxygen atoms in total. The van der Waals surface area contributed by atoms with Crippen LogP contribution in [0.2, 0.25) is 0 Å². The molecule has 3 rings (SSSR count). The Balaban J connectivity index is 2.40. The van der Waals surface area contributed by atoms with Gasteiger partial charge in [0.15, 0.2) is 0 Å². The number of aromatic amines is 1. The summed E-state index contributed by atoms with van der Waals surface area (Å²) in [6.07, 6.45) is 0. The summed E-state index contributed by atoms with van der Waals surface area (Å²) >= 11 is 4.40. The fourth-order valence-corrected chi connectivity index (χ4v) is 2.57. The number of thiol groups is 1. The van der Waals surface area contributed by atoms with Gasteiger partial charge in [-0.3, -0.25) is 4.79 Å². The Morgan fingerprint density at radius 1 is 1.00 bits per heavy atom. The lowest BCUT2D eigenvalue weighted by molar-refractivity contribution is 1.25. The average Bonchev–Trinajstić information content (AvgIpc) is 2.44. The largest absolute Gasteiger partial charge is 0.353 e. The minimum atomic E-state index is -0.0315. The highest BCUT2D eigenvalue weighted by Gasteiger charge is 2.11. The maximum atomic E-state index is 12.3. The molecule has 0 unspecified atom stereocenters. The maximum Gasteiger partial charge on any atom is 0.203 e. The zero-order chi connectivity index (χ0) is 13.4. The summed E-state index contributed by atoms with van der Waals surface area (Å²) in [5.74, 6) is 0. The van der Waals surface area contributed by atoms with Gasteiger partial charge in [-0.2, -0.15) is 0 Å². The first-order valence-corrected chi connectivity index (χ1v) is 6.53. The molecule has 19 heavy (non-hydrogen) atoms. The number of nitrogens with one attached hydrogen (secondary N) is 1. The van der Waals surface area contributed by atoms with Gasteiger partial charge in [-0.05, 0) is 24.6 Å². The number of hydrogen-bond acceptors (Lipinski definition) is 2. The second-order valence-corrected chi connectivity index (χ2v) is 4.99. The smallest absolute Gasteiger partial charge is 0.203 e. The van der Waals surface area contributed by atoms with Crippen molar-refractivity contribution >= 4 is 23.5 Å². The SMILES string of the molecule is Cc1ccccc1-c1[nH]c2ccccc2c(=O)c1S. The second kappa shape index (κ2) is 4.59. The molecule has 0 aliphatic carbocycles. The third-order valence-electron chi connectivity index (χ3n) is 3.30. The Bertz CT molecular complexity index is 820. The highest BCUT2D eigenvalue weighted by Crippen LogP contribution is 2.27. The molecule has 0 bridgehead atoms. The lowest BCUT2D eigenvalue weighted by Crippen LogP contribution is -2.07. The molecule has 3 aromatic rings. The fourth-order valence-electron chi connectivity index (χ4n) is 2.27. The van der Waals surface area contributed by atoms with E-state index in [9.17, 15) is 4.79 Å². The van der Waals surface area contributed by atoms with Crippen LogP contribution in [0.1, 0.15) is 5.56 Å². The predicted octanol–water partition coefficient (Wildman–Crippen LogP) is 3.79. The second-order valence-electron chi connectivity index (χ2n) is 4.54. The molecule has 0 radical (unpaired) electrons. The van der Waals surface area contributed by atoms with Gasteiger partial charge in [0.25, 0.3) is 0 Å². The molecule has 1 N–H and O–H groups in total. The molecule has 0 saturated carbocycles. The van der Waals surface area contributed by atoms with Crippen LogP contribution in [0.15, 0.2) is 58.2 Å². The van der Waals surface area contributed by atoms with Crippen LogP contribution < -0.4 is 5.43 Å². The van der Waals surface area contributed by atoms with Crippen molar-refractivity contribution in [2.45, 2.75) is 11.8 Å². The molecule has 94 valence electrons. The van der Waals surface area contributed by atoms with Crippen LogP contribution in [0.3, 0.4) is 0 Å². The molecule has 0 saturated heterocycles. The number of benzene rings is 2. The molecule has 0 amide bonds. The molecular weight excluding hydrogens is 254 g/mol. The first-order chi connectivity index (χ1) is 9.18. The van der Waals surface area contributed by atoms with Crippen molar-refractivity contribution in [1.29, 1.82) is 0 Å². The molecule has 0 spiro atoms. The normalized spacial score (nSPS) is 10.8. The number of para-hydroxylation sites is 1. The van der Waals surface area contributed by atoms with Gasteiger partial charge in [-0.25, -0.2) is 0 Å². The number of fused-ring (bicyclic) bond motifs is 1. The summed E-state index contributed by atoms with van der Waals surface area (Å²) in [6, 6.07) is 15.5. The summed E-state index contributed by atoms with van der Waals surface area (Å²) in [5.41, 5.74) is 3.71. The van der Waals surface area contributed by atoms with Gasteiger partial charge < -0.3 is 4.98 Å². The number of hydrogen-bond donors (Lipinski definition) is 2. The third-order valence-corrected chi connectivity index (χ3v) is 3.72. The number of H-pyrrole nitrogens is 1. The number of aryl methyl sites for hydroxylation is 1. The zero-order valence-electron chi connectivity index (χ0n) is 10.5. The van der Waals surface area contributed by atoms with Crippen LogP contribution in [0, 0.1) is 6.92 Å². The lowest BCUT2D eigenvalue weighted by Gasteiger charge is -2.10. The molecule has 0 atom stereocenters. The van der Waals surface area contributed by atoms with Gasteiger partial charge in [0.2, 0.25) is 5.43 Å². The van der Waals surface area contributed by atoms with Gasteiger partial charge in [0.05, 0.1) is 10.6 Å². The van der Waals surface area contributed by atoms with Crippen LogP contribution in [0.25, 0.3) is 22.2 Å². The average molecular weight is 267 g/mol. The number of pyridine rings is 1. The Morgan fingerprint density at radius 3 is 2.47 bits per heavy atom. The fraction of sp³-hybridized carbons (Fsp3) is 0.0625. The van der Waals surface area contributed by atoms with E-state index >= 15 is 0 Å². The van der Waals surface area contributed by atoms with Gasteiger partial charge >= 0.3 is 0 Å². The van der Waals surface area contributed by atoms with Crippen LogP contribution in [0.4, 0.5) is 0 Å². The minimum absolute atomic E-state index is 0.0315. The number of rotatable bonds is 1. The molecule has 1 aromatic heterocycles. The van der Waals surface area contributed by atoms with E-state index in [0.29, 0.717) is 10.3 Å². The van der Waals surface area contributed by atoms with E-state index in [1.165, 1.54) is 0 Å².